The minimum Gasteiger partial charge on any atom is -0.346 e. The van der Waals surface area contributed by atoms with Crippen molar-refractivity contribution in [1.82, 2.24) is 15.1 Å². The molecule has 0 aliphatic rings. The monoisotopic (exact) mass is 339 g/mol. The summed E-state index contributed by atoms with van der Waals surface area (Å²) in [5, 5.41) is 9.70. The molecule has 0 saturated carbocycles. The van der Waals surface area contributed by atoms with Gasteiger partial charge in [-0.1, -0.05) is 23.8 Å². The van der Waals surface area contributed by atoms with Crippen LogP contribution in [0.25, 0.3) is 16.3 Å². The van der Waals surface area contributed by atoms with Crippen LogP contribution in [0, 0.1) is 6.92 Å². The highest BCUT2D eigenvalue weighted by atomic mass is 32.1. The number of nitrogens with one attached hydrogen (secondary N) is 1. The van der Waals surface area contributed by atoms with Crippen LogP contribution in [0.5, 0.6) is 0 Å². The van der Waals surface area contributed by atoms with Crippen molar-refractivity contribution in [3.8, 4) is 16.3 Å². The Morgan fingerprint density at radius 2 is 1.88 bits per heavy atom. The number of thiophene rings is 1. The molecule has 0 radical (unpaired) electrons. The summed E-state index contributed by atoms with van der Waals surface area (Å²) >= 11 is 1.61. The lowest BCUT2D eigenvalue weighted by atomic mass is 10.1. The first kappa shape index (κ1) is 16.5. The van der Waals surface area contributed by atoms with E-state index >= 15 is 0 Å². The quantitative estimate of drug-likeness (QED) is 0.767. The summed E-state index contributed by atoms with van der Waals surface area (Å²) in [5.41, 5.74) is 3.09. The molecule has 0 aliphatic carbocycles. The zero-order chi connectivity index (χ0) is 17.3. The van der Waals surface area contributed by atoms with Gasteiger partial charge in [0.15, 0.2) is 0 Å². The molecular weight excluding hydrogens is 318 g/mol. The van der Waals surface area contributed by atoms with Gasteiger partial charge in [0, 0.05) is 5.54 Å². The highest BCUT2D eigenvalue weighted by molar-refractivity contribution is 7.13. The van der Waals surface area contributed by atoms with Crippen molar-refractivity contribution >= 4 is 17.2 Å². The van der Waals surface area contributed by atoms with Crippen molar-refractivity contribution < 1.29 is 4.79 Å². The van der Waals surface area contributed by atoms with Crippen molar-refractivity contribution in [3.63, 3.8) is 0 Å². The standard InChI is InChI=1S/C19H21N3OS/c1-13-7-9-14(10-8-13)22-16(18(23)20-19(2,3)4)12-15(21-22)17-6-5-11-24-17/h5-12H,1-4H3,(H,20,23). The van der Waals surface area contributed by atoms with Gasteiger partial charge in [-0.3, -0.25) is 4.79 Å². The Morgan fingerprint density at radius 3 is 2.46 bits per heavy atom. The van der Waals surface area contributed by atoms with E-state index in [2.05, 4.69) is 10.4 Å². The van der Waals surface area contributed by atoms with E-state index in [1.165, 1.54) is 5.56 Å². The highest BCUT2D eigenvalue weighted by Crippen LogP contribution is 2.26. The molecular formula is C19H21N3OS. The molecule has 1 amide bonds. The van der Waals surface area contributed by atoms with Crippen molar-refractivity contribution in [2.75, 3.05) is 0 Å². The van der Waals surface area contributed by atoms with Crippen molar-refractivity contribution in [2.24, 2.45) is 0 Å². The first-order chi connectivity index (χ1) is 11.3. The maximum absolute atomic E-state index is 12.7. The normalized spacial score (nSPS) is 11.5. The van der Waals surface area contributed by atoms with Crippen LogP contribution in [0.1, 0.15) is 36.8 Å². The van der Waals surface area contributed by atoms with Gasteiger partial charge in [0.25, 0.3) is 5.91 Å². The second-order valence-electron chi connectivity index (χ2n) is 6.84. The smallest absolute Gasteiger partial charge is 0.270 e. The lowest BCUT2D eigenvalue weighted by Crippen LogP contribution is -2.41. The van der Waals surface area contributed by atoms with Gasteiger partial charge in [-0.05, 0) is 57.3 Å². The number of carbonyl (C=O) groups excluding carboxylic acids is 1. The first-order valence-corrected chi connectivity index (χ1v) is 8.75. The summed E-state index contributed by atoms with van der Waals surface area (Å²) in [4.78, 5) is 13.8. The molecule has 3 rings (SSSR count). The fraction of sp³-hybridized carbons (Fsp3) is 0.263. The molecule has 0 spiro atoms. The van der Waals surface area contributed by atoms with Crippen molar-refractivity contribution in [3.05, 3.63) is 59.1 Å². The van der Waals surface area contributed by atoms with E-state index in [0.29, 0.717) is 5.69 Å². The third-order valence-corrected chi connectivity index (χ3v) is 4.38. The topological polar surface area (TPSA) is 46.9 Å². The second-order valence-corrected chi connectivity index (χ2v) is 7.79. The summed E-state index contributed by atoms with van der Waals surface area (Å²) in [6.45, 7) is 7.95. The molecule has 0 saturated heterocycles. The number of amides is 1. The molecule has 0 atom stereocenters. The fourth-order valence-corrected chi connectivity index (χ4v) is 3.06. The predicted molar refractivity (Wildman–Crippen MR) is 98.8 cm³/mol. The number of hydrogen-bond donors (Lipinski definition) is 1. The molecule has 0 fully saturated rings. The lowest BCUT2D eigenvalue weighted by molar-refractivity contribution is 0.0911. The third kappa shape index (κ3) is 3.57. The van der Waals surface area contributed by atoms with Crippen LogP contribution in [0.4, 0.5) is 0 Å². The van der Waals surface area contributed by atoms with Crippen LogP contribution in [-0.4, -0.2) is 21.2 Å². The average molecular weight is 339 g/mol. The lowest BCUT2D eigenvalue weighted by Gasteiger charge is -2.20. The highest BCUT2D eigenvalue weighted by Gasteiger charge is 2.21. The van der Waals surface area contributed by atoms with Crippen molar-refractivity contribution in [2.45, 2.75) is 33.2 Å². The number of aryl methyl sites for hydroxylation is 1. The van der Waals surface area contributed by atoms with E-state index in [0.717, 1.165) is 16.3 Å². The number of aromatic nitrogens is 2. The molecule has 0 unspecified atom stereocenters. The van der Waals surface area contributed by atoms with Crippen LogP contribution >= 0.6 is 11.3 Å². The van der Waals surface area contributed by atoms with Gasteiger partial charge in [-0.25, -0.2) is 4.68 Å². The number of carbonyl (C=O) groups is 1. The van der Waals surface area contributed by atoms with Crippen molar-refractivity contribution in [1.29, 1.82) is 0 Å². The zero-order valence-electron chi connectivity index (χ0n) is 14.3. The molecule has 0 bridgehead atoms. The van der Waals surface area contributed by atoms with E-state index in [1.54, 1.807) is 16.0 Å². The maximum Gasteiger partial charge on any atom is 0.270 e. The molecule has 2 heterocycles. The minimum atomic E-state index is -0.303. The Kier molecular flexibility index (Phi) is 4.28. The summed E-state index contributed by atoms with van der Waals surface area (Å²) < 4.78 is 1.72. The van der Waals surface area contributed by atoms with Gasteiger partial charge in [-0.2, -0.15) is 5.10 Å². The largest absolute Gasteiger partial charge is 0.346 e. The maximum atomic E-state index is 12.7. The van der Waals surface area contributed by atoms with Crippen LogP contribution < -0.4 is 5.32 Å². The van der Waals surface area contributed by atoms with Gasteiger partial charge in [0.05, 0.1) is 10.6 Å². The van der Waals surface area contributed by atoms with E-state index in [-0.39, 0.29) is 11.4 Å². The van der Waals surface area contributed by atoms with Gasteiger partial charge in [0.2, 0.25) is 0 Å². The number of benzene rings is 1. The van der Waals surface area contributed by atoms with Gasteiger partial charge >= 0.3 is 0 Å². The molecule has 5 heteroatoms. The molecule has 24 heavy (non-hydrogen) atoms. The third-order valence-electron chi connectivity index (χ3n) is 3.48. The molecule has 3 aromatic rings. The van der Waals surface area contributed by atoms with Crippen LogP contribution in [0.3, 0.4) is 0 Å². The molecule has 2 aromatic heterocycles. The average Bonchev–Trinajstić information content (AvgIpc) is 3.15. The zero-order valence-corrected chi connectivity index (χ0v) is 15.1. The molecule has 124 valence electrons. The Hall–Kier alpha value is -2.40. The number of nitrogens with zero attached hydrogens (tertiary/aromatic N) is 2. The Labute approximate surface area is 146 Å². The van der Waals surface area contributed by atoms with Crippen LogP contribution in [0.15, 0.2) is 47.8 Å². The van der Waals surface area contributed by atoms with E-state index in [1.807, 2.05) is 75.5 Å². The van der Waals surface area contributed by atoms with E-state index < -0.39 is 0 Å². The van der Waals surface area contributed by atoms with Crippen LogP contribution in [0.2, 0.25) is 0 Å². The predicted octanol–water partition coefficient (Wildman–Crippen LogP) is 4.44. The molecule has 4 nitrogen and oxygen atoms in total. The Bertz CT molecular complexity index is 840. The Morgan fingerprint density at radius 1 is 1.17 bits per heavy atom. The first-order valence-electron chi connectivity index (χ1n) is 7.87. The number of rotatable bonds is 3. The van der Waals surface area contributed by atoms with Crippen LogP contribution in [-0.2, 0) is 0 Å². The SMILES string of the molecule is Cc1ccc(-n2nc(-c3cccs3)cc2C(=O)NC(C)(C)C)cc1. The van der Waals surface area contributed by atoms with Gasteiger partial charge in [-0.15, -0.1) is 11.3 Å². The molecule has 0 aliphatic heterocycles. The fourth-order valence-electron chi connectivity index (χ4n) is 2.37. The van der Waals surface area contributed by atoms with E-state index in [4.69, 9.17) is 0 Å². The van der Waals surface area contributed by atoms with Gasteiger partial charge in [0.1, 0.15) is 11.4 Å². The van der Waals surface area contributed by atoms with E-state index in [9.17, 15) is 4.79 Å². The summed E-state index contributed by atoms with van der Waals surface area (Å²) in [5.74, 6) is -0.126. The molecule has 1 N–H and O–H groups in total. The number of hydrogen-bond acceptors (Lipinski definition) is 3. The summed E-state index contributed by atoms with van der Waals surface area (Å²) in [7, 11) is 0. The minimum absolute atomic E-state index is 0.126. The summed E-state index contributed by atoms with van der Waals surface area (Å²) in [6, 6.07) is 13.9. The Balaban J connectivity index is 2.08. The summed E-state index contributed by atoms with van der Waals surface area (Å²) in [6.07, 6.45) is 0. The second kappa shape index (κ2) is 6.24. The molecule has 1 aromatic carbocycles. The van der Waals surface area contributed by atoms with Gasteiger partial charge < -0.3 is 5.32 Å².